The summed E-state index contributed by atoms with van der Waals surface area (Å²) in [6.45, 7) is 1.23. The molecule has 0 fully saturated rings. The van der Waals surface area contributed by atoms with E-state index < -0.39 is 0 Å². The summed E-state index contributed by atoms with van der Waals surface area (Å²) in [4.78, 5) is 0. The zero-order valence-electron chi connectivity index (χ0n) is 13.7. The van der Waals surface area contributed by atoms with Gasteiger partial charge in [-0.1, -0.05) is 61.2 Å². The van der Waals surface area contributed by atoms with Gasteiger partial charge in [0.05, 0.1) is 0 Å². The second kappa shape index (κ2) is 7.99. The molecular weight excluding hydrogens is 280 g/mol. The van der Waals surface area contributed by atoms with Crippen LogP contribution in [-0.2, 0) is 17.6 Å². The zero-order chi connectivity index (χ0) is 15.9. The van der Waals surface area contributed by atoms with Gasteiger partial charge in [-0.2, -0.15) is 0 Å². The standard InChI is InChI=1S/C22H24O/c1-2-15-23-16-8-4-3-5-10-18-12-9-14-21-20-13-7-6-11-19(20)17-22(18)21/h1,6-7,9,11-14H,3-5,8,10,15-17H2. The first-order chi connectivity index (χ1) is 11.4. The number of terminal acetylenes is 1. The Bertz CT molecular complexity index is 693. The van der Waals surface area contributed by atoms with Crippen molar-refractivity contribution in [2.45, 2.75) is 38.5 Å². The van der Waals surface area contributed by atoms with Gasteiger partial charge in [0.2, 0.25) is 0 Å². The smallest absolute Gasteiger partial charge is 0.107 e. The van der Waals surface area contributed by atoms with Crippen LogP contribution >= 0.6 is 0 Å². The first kappa shape index (κ1) is 15.8. The largest absolute Gasteiger partial charge is 0.369 e. The lowest BCUT2D eigenvalue weighted by Gasteiger charge is -2.08. The van der Waals surface area contributed by atoms with Crippen LogP contribution in [0.2, 0.25) is 0 Å². The second-order valence-corrected chi connectivity index (χ2v) is 6.20. The predicted molar refractivity (Wildman–Crippen MR) is 96.5 cm³/mol. The van der Waals surface area contributed by atoms with Crippen LogP contribution in [0.25, 0.3) is 11.1 Å². The van der Waals surface area contributed by atoms with Crippen LogP contribution < -0.4 is 0 Å². The quantitative estimate of drug-likeness (QED) is 0.420. The van der Waals surface area contributed by atoms with Crippen molar-refractivity contribution < 1.29 is 4.74 Å². The summed E-state index contributed by atoms with van der Waals surface area (Å²) in [7, 11) is 0. The molecule has 2 aromatic rings. The van der Waals surface area contributed by atoms with E-state index in [2.05, 4.69) is 48.4 Å². The highest BCUT2D eigenvalue weighted by Crippen LogP contribution is 2.38. The van der Waals surface area contributed by atoms with Gasteiger partial charge in [0.15, 0.2) is 0 Å². The molecule has 0 unspecified atom stereocenters. The second-order valence-electron chi connectivity index (χ2n) is 6.20. The third-order valence-electron chi connectivity index (χ3n) is 4.62. The number of benzene rings is 2. The van der Waals surface area contributed by atoms with Crippen molar-refractivity contribution in [3.63, 3.8) is 0 Å². The molecule has 1 heteroatoms. The van der Waals surface area contributed by atoms with Gasteiger partial charge in [0, 0.05) is 6.61 Å². The van der Waals surface area contributed by atoms with Crippen molar-refractivity contribution in [3.8, 4) is 23.5 Å². The molecule has 3 rings (SSSR count). The van der Waals surface area contributed by atoms with E-state index in [9.17, 15) is 0 Å². The Morgan fingerprint density at radius 2 is 1.74 bits per heavy atom. The number of hydrogen-bond acceptors (Lipinski definition) is 1. The minimum atomic E-state index is 0.441. The Morgan fingerprint density at radius 1 is 0.913 bits per heavy atom. The first-order valence-corrected chi connectivity index (χ1v) is 8.60. The summed E-state index contributed by atoms with van der Waals surface area (Å²) >= 11 is 0. The van der Waals surface area contributed by atoms with Crippen LogP contribution in [-0.4, -0.2) is 13.2 Å². The molecule has 0 bridgehead atoms. The zero-order valence-corrected chi connectivity index (χ0v) is 13.7. The predicted octanol–water partition coefficient (Wildman–Crippen LogP) is 5.01. The Labute approximate surface area is 139 Å². The summed E-state index contributed by atoms with van der Waals surface area (Å²) in [6.07, 6.45) is 12.3. The summed E-state index contributed by atoms with van der Waals surface area (Å²) in [5.74, 6) is 2.50. The van der Waals surface area contributed by atoms with E-state index in [0.29, 0.717) is 6.61 Å². The van der Waals surface area contributed by atoms with E-state index in [-0.39, 0.29) is 0 Å². The van der Waals surface area contributed by atoms with E-state index in [0.717, 1.165) is 19.4 Å². The highest BCUT2D eigenvalue weighted by atomic mass is 16.5. The average molecular weight is 304 g/mol. The van der Waals surface area contributed by atoms with Gasteiger partial charge in [0.1, 0.15) is 6.61 Å². The molecule has 0 N–H and O–H groups in total. The molecule has 0 saturated heterocycles. The van der Waals surface area contributed by atoms with Crippen LogP contribution in [0, 0.1) is 12.3 Å². The Morgan fingerprint density at radius 3 is 2.65 bits per heavy atom. The van der Waals surface area contributed by atoms with E-state index in [1.54, 1.807) is 5.56 Å². The highest BCUT2D eigenvalue weighted by molar-refractivity contribution is 5.77. The van der Waals surface area contributed by atoms with Gasteiger partial charge < -0.3 is 4.74 Å². The molecule has 0 aromatic heterocycles. The summed E-state index contributed by atoms with van der Waals surface area (Å²) in [5, 5.41) is 0. The van der Waals surface area contributed by atoms with Crippen molar-refractivity contribution >= 4 is 0 Å². The number of fused-ring (bicyclic) bond motifs is 3. The fraction of sp³-hybridized carbons (Fsp3) is 0.364. The minimum Gasteiger partial charge on any atom is -0.369 e. The monoisotopic (exact) mass is 304 g/mol. The van der Waals surface area contributed by atoms with Crippen molar-refractivity contribution in [2.24, 2.45) is 0 Å². The summed E-state index contributed by atoms with van der Waals surface area (Å²) < 4.78 is 5.31. The molecule has 0 saturated carbocycles. The molecule has 0 spiro atoms. The van der Waals surface area contributed by atoms with Crippen LogP contribution in [0.15, 0.2) is 42.5 Å². The minimum absolute atomic E-state index is 0.441. The maximum absolute atomic E-state index is 5.31. The van der Waals surface area contributed by atoms with Crippen molar-refractivity contribution in [1.29, 1.82) is 0 Å². The molecule has 0 atom stereocenters. The maximum atomic E-state index is 5.31. The van der Waals surface area contributed by atoms with Crippen molar-refractivity contribution in [3.05, 3.63) is 59.2 Å². The molecule has 1 aliphatic carbocycles. The lowest BCUT2D eigenvalue weighted by molar-refractivity contribution is 0.162. The average Bonchev–Trinajstić information content (AvgIpc) is 2.97. The SMILES string of the molecule is C#CCOCCCCCCc1cccc2c1Cc1ccccc1-2. The van der Waals surface area contributed by atoms with Gasteiger partial charge in [-0.3, -0.25) is 0 Å². The number of rotatable bonds is 8. The molecule has 0 radical (unpaired) electrons. The molecule has 23 heavy (non-hydrogen) atoms. The Kier molecular flexibility index (Phi) is 5.51. The molecule has 0 amide bonds. The van der Waals surface area contributed by atoms with Gasteiger partial charge in [-0.15, -0.1) is 6.42 Å². The van der Waals surface area contributed by atoms with Gasteiger partial charge in [-0.25, -0.2) is 0 Å². The van der Waals surface area contributed by atoms with Gasteiger partial charge in [0.25, 0.3) is 0 Å². The summed E-state index contributed by atoms with van der Waals surface area (Å²) in [5.41, 5.74) is 7.42. The topological polar surface area (TPSA) is 9.23 Å². The van der Waals surface area contributed by atoms with Crippen LogP contribution in [0.3, 0.4) is 0 Å². The third kappa shape index (κ3) is 3.84. The van der Waals surface area contributed by atoms with Crippen LogP contribution in [0.4, 0.5) is 0 Å². The summed E-state index contributed by atoms with van der Waals surface area (Å²) in [6, 6.07) is 15.6. The van der Waals surface area contributed by atoms with Crippen molar-refractivity contribution in [1.82, 2.24) is 0 Å². The molecule has 2 aromatic carbocycles. The number of unbranched alkanes of at least 4 members (excludes halogenated alkanes) is 3. The fourth-order valence-corrected chi connectivity index (χ4v) is 3.46. The van der Waals surface area contributed by atoms with Gasteiger partial charge in [-0.05, 0) is 53.5 Å². The highest BCUT2D eigenvalue weighted by Gasteiger charge is 2.19. The lowest BCUT2D eigenvalue weighted by atomic mass is 9.97. The Balaban J connectivity index is 1.50. The van der Waals surface area contributed by atoms with E-state index in [4.69, 9.17) is 11.2 Å². The normalized spacial score (nSPS) is 11.8. The number of ether oxygens (including phenoxy) is 1. The first-order valence-electron chi connectivity index (χ1n) is 8.60. The molecule has 0 heterocycles. The van der Waals surface area contributed by atoms with E-state index in [1.165, 1.54) is 47.9 Å². The van der Waals surface area contributed by atoms with Gasteiger partial charge >= 0.3 is 0 Å². The molecule has 118 valence electrons. The van der Waals surface area contributed by atoms with Crippen molar-refractivity contribution in [2.75, 3.05) is 13.2 Å². The Hall–Kier alpha value is -2.04. The molecule has 0 aliphatic heterocycles. The fourth-order valence-electron chi connectivity index (χ4n) is 3.46. The number of hydrogen-bond donors (Lipinski definition) is 0. The molecule has 1 nitrogen and oxygen atoms in total. The van der Waals surface area contributed by atoms with Crippen LogP contribution in [0.5, 0.6) is 0 Å². The lowest BCUT2D eigenvalue weighted by Crippen LogP contribution is -1.96. The molecule has 1 aliphatic rings. The maximum Gasteiger partial charge on any atom is 0.107 e. The molecular formula is C22H24O. The van der Waals surface area contributed by atoms with E-state index >= 15 is 0 Å². The third-order valence-corrected chi connectivity index (χ3v) is 4.62. The number of aryl methyl sites for hydroxylation is 1. The van der Waals surface area contributed by atoms with E-state index in [1.807, 2.05) is 0 Å². The van der Waals surface area contributed by atoms with Crippen LogP contribution in [0.1, 0.15) is 42.4 Å².